The van der Waals surface area contributed by atoms with Crippen molar-refractivity contribution in [2.75, 3.05) is 0 Å². The third-order valence-corrected chi connectivity index (χ3v) is 5.70. The predicted molar refractivity (Wildman–Crippen MR) is 115 cm³/mol. The Morgan fingerprint density at radius 1 is 0.571 bits per heavy atom. The quantitative estimate of drug-likeness (QED) is 0.384. The van der Waals surface area contributed by atoms with Gasteiger partial charge in [-0.1, -0.05) is 60.1 Å². The molecule has 4 aromatic carbocycles. The molecule has 132 valence electrons. The van der Waals surface area contributed by atoms with Crippen LogP contribution >= 0.6 is 11.6 Å². The number of hydrogen-bond donors (Lipinski definition) is 0. The van der Waals surface area contributed by atoms with Crippen LogP contribution in [0.1, 0.15) is 0 Å². The molecule has 0 aromatic heterocycles. The molecule has 2 heterocycles. The molecular weight excluding hydrogens is 367 g/mol. The highest BCUT2D eigenvalue weighted by Crippen LogP contribution is 2.35. The van der Waals surface area contributed by atoms with Crippen molar-refractivity contribution in [2.45, 2.75) is 0 Å². The van der Waals surface area contributed by atoms with E-state index in [0.29, 0.717) is 5.02 Å². The Hall–Kier alpha value is -3.17. The molecule has 0 amide bonds. The maximum Gasteiger partial charge on any atom is 0.260 e. The Morgan fingerprint density at radius 2 is 1.25 bits per heavy atom. The molecule has 0 bridgehead atoms. The third kappa shape index (κ3) is 2.30. The largest absolute Gasteiger partial charge is 0.458 e. The molecule has 2 aliphatic heterocycles. The first kappa shape index (κ1) is 15.9. The second-order valence-electron chi connectivity index (χ2n) is 7.11. The van der Waals surface area contributed by atoms with Crippen molar-refractivity contribution in [3.05, 3.63) is 90.0 Å². The van der Waals surface area contributed by atoms with Crippen LogP contribution in [0.5, 0.6) is 23.0 Å². The Labute approximate surface area is 168 Å². The summed E-state index contributed by atoms with van der Waals surface area (Å²) in [6.45, 7) is 0.0288. The van der Waals surface area contributed by atoms with Crippen LogP contribution < -0.4 is 25.9 Å². The van der Waals surface area contributed by atoms with E-state index in [0.717, 1.165) is 39.4 Å². The third-order valence-electron chi connectivity index (χ3n) is 5.47. The van der Waals surface area contributed by atoms with E-state index in [9.17, 15) is 0 Å². The zero-order valence-corrected chi connectivity index (χ0v) is 15.6. The topological polar surface area (TPSA) is 18.5 Å². The minimum absolute atomic E-state index is 0.0288. The SMILES string of the molecule is Clc1ccc2c(c1)B1c3cc(-c4ccccc4)ccc3Oc3cccc(c31)O2. The molecule has 2 aliphatic rings. The zero-order valence-electron chi connectivity index (χ0n) is 14.9. The lowest BCUT2D eigenvalue weighted by molar-refractivity contribution is 0.464. The summed E-state index contributed by atoms with van der Waals surface area (Å²) in [6.07, 6.45) is 0. The summed E-state index contributed by atoms with van der Waals surface area (Å²) >= 11 is 6.35. The minimum atomic E-state index is 0.0288. The van der Waals surface area contributed by atoms with Gasteiger partial charge >= 0.3 is 0 Å². The lowest BCUT2D eigenvalue weighted by Gasteiger charge is -2.33. The van der Waals surface area contributed by atoms with E-state index >= 15 is 0 Å². The highest BCUT2D eigenvalue weighted by atomic mass is 35.5. The molecule has 6 rings (SSSR count). The summed E-state index contributed by atoms with van der Waals surface area (Å²) in [5, 5.41) is 0.704. The van der Waals surface area contributed by atoms with Crippen molar-refractivity contribution < 1.29 is 9.47 Å². The van der Waals surface area contributed by atoms with Gasteiger partial charge in [-0.2, -0.15) is 0 Å². The number of rotatable bonds is 1. The van der Waals surface area contributed by atoms with Gasteiger partial charge in [0.1, 0.15) is 23.0 Å². The first-order chi connectivity index (χ1) is 13.8. The van der Waals surface area contributed by atoms with E-state index in [1.165, 1.54) is 11.1 Å². The van der Waals surface area contributed by atoms with Crippen LogP contribution in [-0.2, 0) is 0 Å². The monoisotopic (exact) mass is 380 g/mol. The fourth-order valence-corrected chi connectivity index (χ4v) is 4.40. The van der Waals surface area contributed by atoms with Crippen LogP contribution in [0.2, 0.25) is 5.02 Å². The molecule has 0 spiro atoms. The molecule has 0 fully saturated rings. The van der Waals surface area contributed by atoms with E-state index in [1.54, 1.807) is 0 Å². The number of fused-ring (bicyclic) bond motifs is 4. The van der Waals surface area contributed by atoms with Gasteiger partial charge in [0.2, 0.25) is 0 Å². The number of benzene rings is 4. The smallest absolute Gasteiger partial charge is 0.260 e. The Kier molecular flexibility index (Phi) is 3.35. The molecule has 4 aromatic rings. The van der Waals surface area contributed by atoms with Gasteiger partial charge in [0.25, 0.3) is 6.71 Å². The second-order valence-corrected chi connectivity index (χ2v) is 7.54. The standard InChI is InChI=1S/C24H14BClO2/c26-17-10-12-21-19(14-17)25-18-13-16(15-5-2-1-3-6-15)9-11-20(18)27-22-7-4-8-23(28-21)24(22)25/h1-14H. The first-order valence-corrected chi connectivity index (χ1v) is 9.63. The molecule has 0 saturated heterocycles. The van der Waals surface area contributed by atoms with E-state index in [-0.39, 0.29) is 6.71 Å². The number of ether oxygens (including phenoxy) is 2. The van der Waals surface area contributed by atoms with Crippen LogP contribution in [0.25, 0.3) is 11.1 Å². The van der Waals surface area contributed by atoms with Crippen LogP contribution in [0.15, 0.2) is 84.9 Å². The second kappa shape index (κ2) is 5.92. The van der Waals surface area contributed by atoms with Gasteiger partial charge in [-0.15, -0.1) is 0 Å². The average molecular weight is 381 g/mol. The molecule has 0 saturated carbocycles. The van der Waals surface area contributed by atoms with Gasteiger partial charge in [-0.3, -0.25) is 0 Å². The van der Waals surface area contributed by atoms with Crippen LogP contribution in [0.3, 0.4) is 0 Å². The molecule has 0 aliphatic carbocycles. The van der Waals surface area contributed by atoms with Crippen molar-refractivity contribution in [2.24, 2.45) is 0 Å². The predicted octanol–water partition coefficient (Wildman–Crippen LogP) is 4.73. The van der Waals surface area contributed by atoms with Gasteiger partial charge in [-0.25, -0.2) is 0 Å². The van der Waals surface area contributed by atoms with Crippen molar-refractivity contribution in [1.29, 1.82) is 0 Å². The average Bonchev–Trinajstić information content (AvgIpc) is 2.74. The molecule has 2 nitrogen and oxygen atoms in total. The van der Waals surface area contributed by atoms with Gasteiger partial charge in [0.15, 0.2) is 0 Å². The molecule has 28 heavy (non-hydrogen) atoms. The summed E-state index contributed by atoms with van der Waals surface area (Å²) < 4.78 is 12.4. The first-order valence-electron chi connectivity index (χ1n) is 9.25. The Balaban J connectivity index is 1.62. The van der Waals surface area contributed by atoms with Gasteiger partial charge in [0, 0.05) is 10.5 Å². The lowest BCUT2D eigenvalue weighted by Crippen LogP contribution is -2.57. The fourth-order valence-electron chi connectivity index (χ4n) is 4.22. The summed E-state index contributed by atoms with van der Waals surface area (Å²) in [5.41, 5.74) is 5.62. The van der Waals surface area contributed by atoms with Gasteiger partial charge in [0.05, 0.1) is 0 Å². The normalized spacial score (nSPS) is 13.0. The Bertz CT molecular complexity index is 1220. The summed E-state index contributed by atoms with van der Waals surface area (Å²) in [4.78, 5) is 0. The maximum absolute atomic E-state index is 6.35. The molecule has 0 N–H and O–H groups in total. The molecule has 4 heteroatoms. The number of hydrogen-bond acceptors (Lipinski definition) is 2. The van der Waals surface area contributed by atoms with E-state index < -0.39 is 0 Å². The maximum atomic E-state index is 6.35. The van der Waals surface area contributed by atoms with E-state index in [2.05, 4.69) is 42.5 Å². The van der Waals surface area contributed by atoms with Crippen molar-refractivity contribution in [1.82, 2.24) is 0 Å². The number of halogens is 1. The molecule has 0 unspecified atom stereocenters. The Morgan fingerprint density at radius 3 is 2.00 bits per heavy atom. The summed E-state index contributed by atoms with van der Waals surface area (Å²) in [6, 6.07) is 28.6. The molecule has 0 radical (unpaired) electrons. The summed E-state index contributed by atoms with van der Waals surface area (Å²) in [5.74, 6) is 3.40. The minimum Gasteiger partial charge on any atom is -0.458 e. The van der Waals surface area contributed by atoms with Crippen LogP contribution in [-0.4, -0.2) is 6.71 Å². The van der Waals surface area contributed by atoms with Crippen LogP contribution in [0, 0.1) is 0 Å². The van der Waals surface area contributed by atoms with Gasteiger partial charge in [-0.05, 0) is 58.5 Å². The van der Waals surface area contributed by atoms with E-state index in [4.69, 9.17) is 21.1 Å². The molecule has 0 atom stereocenters. The van der Waals surface area contributed by atoms with Crippen molar-refractivity contribution >= 4 is 34.7 Å². The highest BCUT2D eigenvalue weighted by Gasteiger charge is 2.40. The van der Waals surface area contributed by atoms with Gasteiger partial charge < -0.3 is 9.47 Å². The molecular formula is C24H14BClO2. The lowest BCUT2D eigenvalue weighted by atomic mass is 9.35. The van der Waals surface area contributed by atoms with Crippen LogP contribution in [0.4, 0.5) is 0 Å². The fraction of sp³-hybridized carbons (Fsp3) is 0. The summed E-state index contributed by atoms with van der Waals surface area (Å²) in [7, 11) is 0. The van der Waals surface area contributed by atoms with E-state index in [1.807, 2.05) is 42.5 Å². The van der Waals surface area contributed by atoms with Crippen molar-refractivity contribution in [3.8, 4) is 34.1 Å². The van der Waals surface area contributed by atoms with Crippen molar-refractivity contribution in [3.63, 3.8) is 0 Å². The highest BCUT2D eigenvalue weighted by molar-refractivity contribution is 6.98. The zero-order chi connectivity index (χ0) is 18.7.